The van der Waals surface area contributed by atoms with Crippen LogP contribution in [0, 0.1) is 3.95 Å². The quantitative estimate of drug-likeness (QED) is 0.434. The molecule has 0 bridgehead atoms. The maximum atomic E-state index is 12.2. The van der Waals surface area contributed by atoms with Crippen LogP contribution in [-0.2, 0) is 4.79 Å². The molecule has 2 aromatic carbocycles. The van der Waals surface area contributed by atoms with Crippen molar-refractivity contribution >= 4 is 52.8 Å². The van der Waals surface area contributed by atoms with Crippen LogP contribution >= 0.6 is 46.9 Å². The van der Waals surface area contributed by atoms with Crippen molar-refractivity contribution in [3.63, 3.8) is 0 Å². The highest BCUT2D eigenvalue weighted by atomic mass is 35.5. The third-order valence-electron chi connectivity index (χ3n) is 3.60. The van der Waals surface area contributed by atoms with Crippen LogP contribution in [0.15, 0.2) is 58.9 Å². The van der Waals surface area contributed by atoms with E-state index in [1.165, 1.54) is 23.1 Å². The fraction of sp³-hybridized carbons (Fsp3) is 0.167. The average Bonchev–Trinajstić information content (AvgIpc) is 3.02. The molecule has 0 spiro atoms. The van der Waals surface area contributed by atoms with Crippen molar-refractivity contribution in [1.82, 2.24) is 15.1 Å². The SMILES string of the molecule is C[C@@H](NC(=O)CSc1nn(-c2ccc(Cl)cc2)c(=S)s1)c1ccccc1. The molecule has 0 saturated heterocycles. The number of nitrogens with zero attached hydrogens (tertiary/aromatic N) is 2. The molecular weight excluding hydrogens is 406 g/mol. The van der Waals surface area contributed by atoms with Crippen molar-refractivity contribution in [3.8, 4) is 5.69 Å². The normalized spacial score (nSPS) is 11.9. The Hall–Kier alpha value is -1.67. The molecule has 0 saturated carbocycles. The predicted molar refractivity (Wildman–Crippen MR) is 111 cm³/mol. The van der Waals surface area contributed by atoms with E-state index in [9.17, 15) is 4.79 Å². The standard InChI is InChI=1S/C18H16ClN3OS3/c1-12(13-5-3-2-4-6-13)20-16(23)11-25-17-21-22(18(24)26-17)15-9-7-14(19)8-10-15/h2-10,12H,11H2,1H3,(H,20,23)/t12-/m1/s1. The highest BCUT2D eigenvalue weighted by Crippen LogP contribution is 2.24. The summed E-state index contributed by atoms with van der Waals surface area (Å²) in [6, 6.07) is 17.2. The Labute approximate surface area is 170 Å². The van der Waals surface area contributed by atoms with Crippen molar-refractivity contribution in [2.24, 2.45) is 0 Å². The molecule has 3 rings (SSSR count). The van der Waals surface area contributed by atoms with Gasteiger partial charge in [-0.2, -0.15) is 0 Å². The number of hydrogen-bond acceptors (Lipinski definition) is 5. The number of hydrogen-bond donors (Lipinski definition) is 1. The second-order valence-electron chi connectivity index (χ2n) is 5.51. The summed E-state index contributed by atoms with van der Waals surface area (Å²) in [5.74, 6) is 0.255. The Balaban J connectivity index is 1.60. The van der Waals surface area contributed by atoms with Gasteiger partial charge >= 0.3 is 0 Å². The van der Waals surface area contributed by atoms with Crippen LogP contribution in [0.5, 0.6) is 0 Å². The third kappa shape index (κ3) is 4.94. The zero-order chi connectivity index (χ0) is 18.5. The van der Waals surface area contributed by atoms with Gasteiger partial charge in [0.25, 0.3) is 0 Å². The monoisotopic (exact) mass is 421 g/mol. The molecule has 0 aliphatic carbocycles. The highest BCUT2D eigenvalue weighted by molar-refractivity contribution is 8.01. The first-order valence-corrected chi connectivity index (χ1v) is 10.4. The number of nitrogens with one attached hydrogen (secondary N) is 1. The fourth-order valence-corrected chi connectivity index (χ4v) is 4.60. The molecule has 26 heavy (non-hydrogen) atoms. The minimum atomic E-state index is -0.0366. The number of halogens is 1. The Bertz CT molecular complexity index is 938. The van der Waals surface area contributed by atoms with Crippen molar-refractivity contribution in [2.45, 2.75) is 17.3 Å². The Kier molecular flexibility index (Phi) is 6.48. The van der Waals surface area contributed by atoms with Gasteiger partial charge in [-0.25, -0.2) is 4.68 Å². The molecule has 0 aliphatic heterocycles. The van der Waals surface area contributed by atoms with Crippen LogP contribution in [0.25, 0.3) is 5.69 Å². The smallest absolute Gasteiger partial charge is 0.230 e. The topological polar surface area (TPSA) is 46.9 Å². The van der Waals surface area contributed by atoms with Gasteiger partial charge in [0.1, 0.15) is 0 Å². The van der Waals surface area contributed by atoms with Crippen molar-refractivity contribution in [1.29, 1.82) is 0 Å². The van der Waals surface area contributed by atoms with E-state index in [2.05, 4.69) is 10.4 Å². The summed E-state index contributed by atoms with van der Waals surface area (Å²) in [7, 11) is 0. The first-order chi connectivity index (χ1) is 12.5. The molecule has 3 aromatic rings. The van der Waals surface area contributed by atoms with Gasteiger partial charge in [0.15, 0.2) is 8.29 Å². The number of carbonyl (C=O) groups excluding carboxylic acids is 1. The Morgan fingerprint density at radius 2 is 1.96 bits per heavy atom. The van der Waals surface area contributed by atoms with Crippen LogP contribution in [0.3, 0.4) is 0 Å². The van der Waals surface area contributed by atoms with Gasteiger partial charge in [-0.3, -0.25) is 4.79 Å². The summed E-state index contributed by atoms with van der Waals surface area (Å²) >= 11 is 14.1. The number of amides is 1. The van der Waals surface area contributed by atoms with Gasteiger partial charge in [0.05, 0.1) is 17.5 Å². The van der Waals surface area contributed by atoms with E-state index >= 15 is 0 Å². The Morgan fingerprint density at radius 1 is 1.27 bits per heavy atom. The lowest BCUT2D eigenvalue weighted by molar-refractivity contribution is -0.119. The van der Waals surface area contributed by atoms with Crippen LogP contribution in [0.2, 0.25) is 5.02 Å². The molecule has 1 amide bonds. The average molecular weight is 422 g/mol. The summed E-state index contributed by atoms with van der Waals surface area (Å²) in [6.07, 6.45) is 0. The number of rotatable bonds is 6. The van der Waals surface area contributed by atoms with Crippen LogP contribution in [-0.4, -0.2) is 21.4 Å². The van der Waals surface area contributed by atoms with E-state index in [4.69, 9.17) is 23.8 Å². The second kappa shape index (κ2) is 8.81. The molecule has 134 valence electrons. The molecule has 8 heteroatoms. The van der Waals surface area contributed by atoms with Crippen LogP contribution < -0.4 is 5.32 Å². The van der Waals surface area contributed by atoms with E-state index in [-0.39, 0.29) is 11.9 Å². The molecule has 0 aliphatic rings. The largest absolute Gasteiger partial charge is 0.349 e. The molecule has 4 nitrogen and oxygen atoms in total. The lowest BCUT2D eigenvalue weighted by Gasteiger charge is -2.13. The molecule has 1 N–H and O–H groups in total. The van der Waals surface area contributed by atoms with Crippen LogP contribution in [0.4, 0.5) is 0 Å². The van der Waals surface area contributed by atoms with E-state index in [1.54, 1.807) is 16.8 Å². The van der Waals surface area contributed by atoms with Gasteiger partial charge in [-0.05, 0) is 49.0 Å². The molecule has 0 unspecified atom stereocenters. The summed E-state index contributed by atoms with van der Waals surface area (Å²) < 4.78 is 3.07. The molecule has 0 fully saturated rings. The minimum absolute atomic E-state index is 0.0332. The fourth-order valence-electron chi connectivity index (χ4n) is 2.30. The van der Waals surface area contributed by atoms with Crippen molar-refractivity contribution < 1.29 is 4.79 Å². The zero-order valence-electron chi connectivity index (χ0n) is 13.9. The lowest BCUT2D eigenvalue weighted by Crippen LogP contribution is -2.28. The maximum absolute atomic E-state index is 12.2. The number of aromatic nitrogens is 2. The first-order valence-electron chi connectivity index (χ1n) is 7.86. The molecule has 1 aromatic heterocycles. The maximum Gasteiger partial charge on any atom is 0.230 e. The van der Waals surface area contributed by atoms with Gasteiger partial charge < -0.3 is 5.32 Å². The van der Waals surface area contributed by atoms with Crippen LogP contribution in [0.1, 0.15) is 18.5 Å². The van der Waals surface area contributed by atoms with Gasteiger partial charge in [0.2, 0.25) is 5.91 Å². The molecule has 1 atom stereocenters. The summed E-state index contributed by atoms with van der Waals surface area (Å²) in [5.41, 5.74) is 1.93. The number of carbonyl (C=O) groups is 1. The summed E-state index contributed by atoms with van der Waals surface area (Å²) in [6.45, 7) is 1.97. The molecule has 1 heterocycles. The second-order valence-corrected chi connectivity index (χ2v) is 8.79. The van der Waals surface area contributed by atoms with Gasteiger partial charge in [-0.15, -0.1) is 5.10 Å². The lowest BCUT2D eigenvalue weighted by atomic mass is 10.1. The van der Waals surface area contributed by atoms with Crippen molar-refractivity contribution in [3.05, 3.63) is 69.1 Å². The zero-order valence-corrected chi connectivity index (χ0v) is 17.1. The number of benzene rings is 2. The van der Waals surface area contributed by atoms with Crippen molar-refractivity contribution in [2.75, 3.05) is 5.75 Å². The third-order valence-corrected chi connectivity index (χ3v) is 6.22. The first kappa shape index (κ1) is 19.1. The van der Waals surface area contributed by atoms with E-state index in [0.717, 1.165) is 15.6 Å². The number of thioether (sulfide) groups is 1. The van der Waals surface area contributed by atoms with E-state index in [0.29, 0.717) is 14.7 Å². The minimum Gasteiger partial charge on any atom is -0.349 e. The summed E-state index contributed by atoms with van der Waals surface area (Å²) in [4.78, 5) is 12.2. The predicted octanol–water partition coefficient (Wildman–Crippen LogP) is 5.29. The van der Waals surface area contributed by atoms with E-state index in [1.807, 2.05) is 49.4 Å². The Morgan fingerprint density at radius 3 is 2.65 bits per heavy atom. The van der Waals surface area contributed by atoms with Gasteiger partial charge in [0, 0.05) is 5.02 Å². The van der Waals surface area contributed by atoms with E-state index < -0.39 is 0 Å². The molecule has 0 radical (unpaired) electrons. The highest BCUT2D eigenvalue weighted by Gasteiger charge is 2.12. The summed E-state index contributed by atoms with van der Waals surface area (Å²) in [5, 5.41) is 8.15. The van der Waals surface area contributed by atoms with Gasteiger partial charge in [-0.1, -0.05) is 65.0 Å². The molecular formula is C18H16ClN3OS3.